The fourth-order valence-electron chi connectivity index (χ4n) is 2.85. The minimum atomic E-state index is 0.617. The Morgan fingerprint density at radius 2 is 1.74 bits per heavy atom. The van der Waals surface area contributed by atoms with Gasteiger partial charge in [0, 0.05) is 17.4 Å². The first kappa shape index (κ1) is 14.4. The molecule has 1 fully saturated rings. The summed E-state index contributed by atoms with van der Waals surface area (Å²) in [5.74, 6) is 0.936. The molecule has 1 aromatic rings. The van der Waals surface area contributed by atoms with Crippen molar-refractivity contribution in [3.8, 4) is 0 Å². The van der Waals surface area contributed by atoms with Gasteiger partial charge in [-0.15, -0.1) is 0 Å². The van der Waals surface area contributed by atoms with Crippen molar-refractivity contribution in [1.82, 2.24) is 20.2 Å². The smallest absolute Gasteiger partial charge is 0.142 e. The molecular formula is C15H26N4. The van der Waals surface area contributed by atoms with E-state index in [0.29, 0.717) is 6.04 Å². The summed E-state index contributed by atoms with van der Waals surface area (Å²) in [6.07, 6.45) is 3.46. The Kier molecular flexibility index (Phi) is 4.88. The topological polar surface area (TPSA) is 41.1 Å². The van der Waals surface area contributed by atoms with Crippen LogP contribution in [0.25, 0.3) is 0 Å². The molecular weight excluding hydrogens is 236 g/mol. The summed E-state index contributed by atoms with van der Waals surface area (Å²) in [6, 6.07) is 0.617. The first-order valence-electron chi connectivity index (χ1n) is 7.35. The average molecular weight is 262 g/mol. The molecule has 1 saturated heterocycles. The Morgan fingerprint density at radius 3 is 2.26 bits per heavy atom. The van der Waals surface area contributed by atoms with E-state index in [9.17, 15) is 0 Å². The normalized spacial score (nSPS) is 17.9. The SMILES string of the molecule is CCc1c(C)nc(CNC2CCN(C)CC2)nc1C. The third kappa shape index (κ3) is 3.74. The number of aromatic nitrogens is 2. The second-order valence-corrected chi connectivity index (χ2v) is 5.60. The molecule has 4 nitrogen and oxygen atoms in total. The number of hydrogen-bond acceptors (Lipinski definition) is 4. The number of likely N-dealkylation sites (tertiary alicyclic amines) is 1. The Hall–Kier alpha value is -1.00. The van der Waals surface area contributed by atoms with Crippen molar-refractivity contribution in [3.05, 3.63) is 22.8 Å². The van der Waals surface area contributed by atoms with Crippen LogP contribution in [-0.4, -0.2) is 41.0 Å². The van der Waals surface area contributed by atoms with Gasteiger partial charge in [-0.25, -0.2) is 9.97 Å². The van der Waals surface area contributed by atoms with Gasteiger partial charge in [-0.1, -0.05) is 6.92 Å². The van der Waals surface area contributed by atoms with Crippen LogP contribution in [0, 0.1) is 13.8 Å². The highest BCUT2D eigenvalue weighted by Crippen LogP contribution is 2.12. The summed E-state index contributed by atoms with van der Waals surface area (Å²) in [7, 11) is 2.19. The van der Waals surface area contributed by atoms with Crippen molar-refractivity contribution in [2.75, 3.05) is 20.1 Å². The van der Waals surface area contributed by atoms with Gasteiger partial charge in [0.25, 0.3) is 0 Å². The molecule has 0 unspecified atom stereocenters. The zero-order valence-corrected chi connectivity index (χ0v) is 12.7. The van der Waals surface area contributed by atoms with Crippen LogP contribution in [0.15, 0.2) is 0 Å². The standard InChI is InChI=1S/C15H26N4/c1-5-14-11(2)17-15(18-12(14)3)10-16-13-6-8-19(4)9-7-13/h13,16H,5-10H2,1-4H3. The van der Waals surface area contributed by atoms with E-state index in [1.54, 1.807) is 0 Å². The van der Waals surface area contributed by atoms with Crippen LogP contribution in [0.4, 0.5) is 0 Å². The molecule has 2 heterocycles. The number of nitrogens with zero attached hydrogens (tertiary/aromatic N) is 3. The molecule has 0 atom stereocenters. The van der Waals surface area contributed by atoms with E-state index in [1.807, 2.05) is 0 Å². The van der Waals surface area contributed by atoms with E-state index in [2.05, 4.69) is 48.0 Å². The molecule has 4 heteroatoms. The van der Waals surface area contributed by atoms with Gasteiger partial charge in [0.15, 0.2) is 0 Å². The van der Waals surface area contributed by atoms with Crippen molar-refractivity contribution in [1.29, 1.82) is 0 Å². The molecule has 19 heavy (non-hydrogen) atoms. The maximum Gasteiger partial charge on any atom is 0.142 e. The summed E-state index contributed by atoms with van der Waals surface area (Å²) >= 11 is 0. The van der Waals surface area contributed by atoms with Gasteiger partial charge in [0.1, 0.15) is 5.82 Å². The first-order chi connectivity index (χ1) is 9.10. The molecule has 2 rings (SSSR count). The van der Waals surface area contributed by atoms with Crippen molar-refractivity contribution in [3.63, 3.8) is 0 Å². The Balaban J connectivity index is 1.93. The molecule has 1 aliphatic heterocycles. The predicted octanol–water partition coefficient (Wildman–Crippen LogP) is 1.84. The summed E-state index contributed by atoms with van der Waals surface area (Å²) < 4.78 is 0. The third-order valence-corrected chi connectivity index (χ3v) is 4.09. The van der Waals surface area contributed by atoms with Gasteiger partial charge in [-0.2, -0.15) is 0 Å². The maximum absolute atomic E-state index is 4.62. The lowest BCUT2D eigenvalue weighted by atomic mass is 10.1. The van der Waals surface area contributed by atoms with E-state index in [-0.39, 0.29) is 0 Å². The first-order valence-corrected chi connectivity index (χ1v) is 7.35. The molecule has 1 aromatic heterocycles. The molecule has 0 radical (unpaired) electrons. The fourth-order valence-corrected chi connectivity index (χ4v) is 2.85. The number of hydrogen-bond donors (Lipinski definition) is 1. The summed E-state index contributed by atoms with van der Waals surface area (Å²) in [5, 5.41) is 3.60. The second-order valence-electron chi connectivity index (χ2n) is 5.60. The molecule has 0 bridgehead atoms. The van der Waals surface area contributed by atoms with Gasteiger partial charge < -0.3 is 10.2 Å². The lowest BCUT2D eigenvalue weighted by Gasteiger charge is -2.29. The second kappa shape index (κ2) is 6.44. The van der Waals surface area contributed by atoms with Crippen molar-refractivity contribution in [2.45, 2.75) is 52.6 Å². The highest BCUT2D eigenvalue weighted by Gasteiger charge is 2.16. The van der Waals surface area contributed by atoms with Crippen molar-refractivity contribution < 1.29 is 0 Å². The van der Waals surface area contributed by atoms with Crippen molar-refractivity contribution in [2.24, 2.45) is 0 Å². The van der Waals surface area contributed by atoms with Gasteiger partial charge in [-0.3, -0.25) is 0 Å². The van der Waals surface area contributed by atoms with Crippen LogP contribution in [-0.2, 0) is 13.0 Å². The molecule has 1 N–H and O–H groups in total. The molecule has 0 spiro atoms. The molecule has 0 saturated carbocycles. The van der Waals surface area contributed by atoms with E-state index >= 15 is 0 Å². The molecule has 0 amide bonds. The molecule has 0 aromatic carbocycles. The van der Waals surface area contributed by atoms with Gasteiger partial charge in [0.2, 0.25) is 0 Å². The zero-order valence-electron chi connectivity index (χ0n) is 12.7. The van der Waals surface area contributed by atoms with Gasteiger partial charge >= 0.3 is 0 Å². The Bertz CT molecular complexity index is 399. The molecule has 0 aliphatic carbocycles. The number of rotatable bonds is 4. The number of aryl methyl sites for hydroxylation is 2. The molecule has 106 valence electrons. The minimum absolute atomic E-state index is 0.617. The Labute approximate surface area is 116 Å². The van der Waals surface area contributed by atoms with E-state index < -0.39 is 0 Å². The summed E-state index contributed by atoms with van der Waals surface area (Å²) in [6.45, 7) is 9.51. The highest BCUT2D eigenvalue weighted by molar-refractivity contribution is 5.24. The average Bonchev–Trinajstić information content (AvgIpc) is 2.38. The zero-order chi connectivity index (χ0) is 13.8. The van der Waals surface area contributed by atoms with Crippen LogP contribution >= 0.6 is 0 Å². The quantitative estimate of drug-likeness (QED) is 0.899. The predicted molar refractivity (Wildman–Crippen MR) is 78.2 cm³/mol. The third-order valence-electron chi connectivity index (χ3n) is 4.09. The van der Waals surface area contributed by atoms with Crippen LogP contribution in [0.2, 0.25) is 0 Å². The van der Waals surface area contributed by atoms with E-state index in [0.717, 1.165) is 30.2 Å². The number of piperidine rings is 1. The maximum atomic E-state index is 4.62. The fraction of sp³-hybridized carbons (Fsp3) is 0.733. The monoisotopic (exact) mass is 262 g/mol. The lowest BCUT2D eigenvalue weighted by molar-refractivity contribution is 0.233. The molecule has 1 aliphatic rings. The Morgan fingerprint density at radius 1 is 1.16 bits per heavy atom. The highest BCUT2D eigenvalue weighted by atomic mass is 15.1. The van der Waals surface area contributed by atoms with Crippen LogP contribution in [0.1, 0.15) is 42.5 Å². The van der Waals surface area contributed by atoms with Crippen LogP contribution in [0.3, 0.4) is 0 Å². The minimum Gasteiger partial charge on any atom is -0.307 e. The van der Waals surface area contributed by atoms with Crippen molar-refractivity contribution >= 4 is 0 Å². The van der Waals surface area contributed by atoms with E-state index in [4.69, 9.17) is 0 Å². The summed E-state index contributed by atoms with van der Waals surface area (Å²) in [5.41, 5.74) is 3.56. The van der Waals surface area contributed by atoms with E-state index in [1.165, 1.54) is 31.5 Å². The lowest BCUT2D eigenvalue weighted by Crippen LogP contribution is -2.40. The van der Waals surface area contributed by atoms with Crippen LogP contribution < -0.4 is 5.32 Å². The van der Waals surface area contributed by atoms with Crippen LogP contribution in [0.5, 0.6) is 0 Å². The number of nitrogens with one attached hydrogen (secondary N) is 1. The van der Waals surface area contributed by atoms with Gasteiger partial charge in [0.05, 0.1) is 6.54 Å². The largest absolute Gasteiger partial charge is 0.307 e. The summed E-state index contributed by atoms with van der Waals surface area (Å²) in [4.78, 5) is 11.6. The van der Waals surface area contributed by atoms with Gasteiger partial charge in [-0.05, 0) is 58.8 Å².